The number of nitrogens with zero attached hydrogens (tertiary/aromatic N) is 2. The molecule has 1 aromatic heterocycles. The summed E-state index contributed by atoms with van der Waals surface area (Å²) in [5, 5.41) is 16.0. The zero-order chi connectivity index (χ0) is 21.0. The van der Waals surface area contributed by atoms with Crippen LogP contribution in [0.4, 0.5) is 0 Å². The summed E-state index contributed by atoms with van der Waals surface area (Å²) in [4.78, 5) is 15.1. The average molecular weight is 393 g/mol. The molecule has 0 spiro atoms. The van der Waals surface area contributed by atoms with Crippen molar-refractivity contribution >= 4 is 16.7 Å². The minimum Gasteiger partial charge on any atom is -0.507 e. The summed E-state index contributed by atoms with van der Waals surface area (Å²) in [5.74, 6) is -0.613. The highest BCUT2D eigenvalue weighted by atomic mass is 16.4. The Morgan fingerprint density at radius 2 is 1.79 bits per heavy atom. The Balaban J connectivity index is 2.31. The molecule has 3 rings (SSSR count). The second-order valence-electron chi connectivity index (χ2n) is 7.38. The van der Waals surface area contributed by atoms with E-state index in [1.165, 1.54) is 0 Å². The molecule has 0 aliphatic carbocycles. The number of hydrogen-bond acceptors (Lipinski definition) is 6. The normalized spacial score (nSPS) is 14.2. The van der Waals surface area contributed by atoms with Gasteiger partial charge < -0.3 is 19.8 Å². The summed E-state index contributed by atoms with van der Waals surface area (Å²) < 4.78 is 5.59. The molecule has 0 bridgehead atoms. The molecule has 6 heteroatoms. The molecule has 152 valence electrons. The van der Waals surface area contributed by atoms with Gasteiger partial charge >= 0.3 is 5.63 Å². The molecule has 0 fully saturated rings. The topological polar surface area (TPSA) is 78.1 Å². The van der Waals surface area contributed by atoms with Crippen LogP contribution in [-0.2, 0) is 0 Å². The molecule has 0 amide bonds. The van der Waals surface area contributed by atoms with Crippen LogP contribution in [0.15, 0.2) is 68.9 Å². The highest BCUT2D eigenvalue weighted by Gasteiger charge is 2.33. The first-order chi connectivity index (χ1) is 13.9. The van der Waals surface area contributed by atoms with Crippen LogP contribution in [0.5, 0.6) is 5.75 Å². The third kappa shape index (κ3) is 4.32. The lowest BCUT2D eigenvalue weighted by atomic mass is 9.78. The first kappa shape index (κ1) is 20.6. The quantitative estimate of drug-likeness (QED) is 0.365. The fraction of sp³-hybridized carbons (Fsp3) is 0.304. The molecule has 0 aliphatic rings. The summed E-state index contributed by atoms with van der Waals surface area (Å²) in [5.41, 5.74) is 4.69. The maximum absolute atomic E-state index is 13.0. The molecule has 0 saturated carbocycles. The Labute approximate surface area is 170 Å². The standard InChI is InChI=1S/C23H27N3O3/c1-15(25-24-2)18(14-26(3)4)20(16-10-6-5-7-11-16)21-22(27)17-12-8-9-13-19(17)29-23(21)28/h5-13,18,20,24,27H,14H2,1-4H3/b25-15-/t18-,20-/m1/s1. The maximum Gasteiger partial charge on any atom is 0.343 e. The zero-order valence-electron chi connectivity index (χ0n) is 17.2. The van der Waals surface area contributed by atoms with Gasteiger partial charge in [-0.2, -0.15) is 5.10 Å². The molecule has 29 heavy (non-hydrogen) atoms. The van der Waals surface area contributed by atoms with Gasteiger partial charge in [-0.25, -0.2) is 4.79 Å². The fourth-order valence-electron chi connectivity index (χ4n) is 3.81. The number of rotatable bonds is 7. The number of para-hydroxylation sites is 1. The van der Waals surface area contributed by atoms with Crippen LogP contribution in [0.3, 0.4) is 0 Å². The van der Waals surface area contributed by atoms with E-state index in [-0.39, 0.29) is 17.2 Å². The van der Waals surface area contributed by atoms with Crippen molar-refractivity contribution in [1.82, 2.24) is 10.3 Å². The van der Waals surface area contributed by atoms with Gasteiger partial charge in [0.2, 0.25) is 0 Å². The lowest BCUT2D eigenvalue weighted by molar-refractivity contribution is 0.345. The predicted octanol–water partition coefficient (Wildman–Crippen LogP) is 3.40. The second-order valence-corrected chi connectivity index (χ2v) is 7.38. The minimum absolute atomic E-state index is 0.0354. The number of fused-ring (bicyclic) bond motifs is 1. The van der Waals surface area contributed by atoms with Gasteiger partial charge in [0.1, 0.15) is 11.3 Å². The summed E-state index contributed by atoms with van der Waals surface area (Å²) in [6.45, 7) is 2.57. The summed E-state index contributed by atoms with van der Waals surface area (Å²) in [6.07, 6.45) is 0. The van der Waals surface area contributed by atoms with E-state index in [1.807, 2.05) is 57.4 Å². The maximum atomic E-state index is 13.0. The van der Waals surface area contributed by atoms with E-state index in [1.54, 1.807) is 25.2 Å². The number of hydrogen-bond donors (Lipinski definition) is 2. The largest absolute Gasteiger partial charge is 0.507 e. The summed E-state index contributed by atoms with van der Waals surface area (Å²) in [7, 11) is 5.70. The van der Waals surface area contributed by atoms with Crippen LogP contribution >= 0.6 is 0 Å². The molecular weight excluding hydrogens is 366 g/mol. The third-order valence-electron chi connectivity index (χ3n) is 5.08. The van der Waals surface area contributed by atoms with Crippen LogP contribution in [-0.4, -0.2) is 43.4 Å². The number of benzene rings is 2. The molecule has 6 nitrogen and oxygen atoms in total. The molecule has 2 aromatic carbocycles. The Bertz CT molecular complexity index is 1060. The van der Waals surface area contributed by atoms with Gasteiger partial charge in [0.05, 0.1) is 10.9 Å². The van der Waals surface area contributed by atoms with Gasteiger partial charge in [-0.15, -0.1) is 0 Å². The van der Waals surface area contributed by atoms with E-state index < -0.39 is 11.5 Å². The van der Waals surface area contributed by atoms with E-state index in [0.717, 1.165) is 11.3 Å². The van der Waals surface area contributed by atoms with Crippen molar-refractivity contribution in [3.8, 4) is 5.75 Å². The van der Waals surface area contributed by atoms with Crippen molar-refractivity contribution < 1.29 is 9.52 Å². The number of hydrazone groups is 1. The summed E-state index contributed by atoms with van der Waals surface area (Å²) >= 11 is 0. The Kier molecular flexibility index (Phi) is 6.34. The lowest BCUT2D eigenvalue weighted by Gasteiger charge is -2.30. The van der Waals surface area contributed by atoms with Gasteiger partial charge in [-0.05, 0) is 38.7 Å². The number of nitrogens with one attached hydrogen (secondary N) is 1. The van der Waals surface area contributed by atoms with Crippen LogP contribution in [0.2, 0.25) is 0 Å². The van der Waals surface area contributed by atoms with Crippen molar-refractivity contribution in [2.45, 2.75) is 12.8 Å². The third-order valence-corrected chi connectivity index (χ3v) is 5.08. The predicted molar refractivity (Wildman–Crippen MR) is 117 cm³/mol. The minimum atomic E-state index is -0.531. The molecule has 2 N–H and O–H groups in total. The zero-order valence-corrected chi connectivity index (χ0v) is 17.2. The smallest absolute Gasteiger partial charge is 0.343 e. The highest BCUT2D eigenvalue weighted by molar-refractivity contribution is 5.88. The van der Waals surface area contributed by atoms with Crippen LogP contribution in [0, 0.1) is 5.92 Å². The first-order valence-electron chi connectivity index (χ1n) is 9.59. The van der Waals surface area contributed by atoms with Crippen molar-refractivity contribution in [1.29, 1.82) is 0 Å². The molecule has 0 radical (unpaired) electrons. The van der Waals surface area contributed by atoms with E-state index in [9.17, 15) is 9.90 Å². The Hall–Kier alpha value is -3.12. The molecule has 0 unspecified atom stereocenters. The van der Waals surface area contributed by atoms with Gasteiger partial charge in [0.25, 0.3) is 0 Å². The van der Waals surface area contributed by atoms with Gasteiger partial charge in [-0.1, -0.05) is 42.5 Å². The fourth-order valence-corrected chi connectivity index (χ4v) is 3.81. The molecule has 0 saturated heterocycles. The average Bonchev–Trinajstić information content (AvgIpc) is 2.70. The SMILES string of the molecule is CN/N=C(/C)[C@@H](CN(C)C)[C@@H](c1ccccc1)c1c(O)c2ccccc2oc1=O. The molecule has 3 aromatic rings. The van der Waals surface area contributed by atoms with Gasteiger partial charge in [-0.3, -0.25) is 0 Å². The van der Waals surface area contributed by atoms with Crippen LogP contribution in [0.25, 0.3) is 11.0 Å². The van der Waals surface area contributed by atoms with E-state index >= 15 is 0 Å². The van der Waals surface area contributed by atoms with Crippen LogP contribution in [0.1, 0.15) is 24.0 Å². The summed E-state index contributed by atoms with van der Waals surface area (Å²) in [6, 6.07) is 16.8. The molecule has 1 heterocycles. The first-order valence-corrected chi connectivity index (χ1v) is 9.59. The van der Waals surface area contributed by atoms with Crippen molar-refractivity contribution in [2.75, 3.05) is 27.7 Å². The Morgan fingerprint density at radius 1 is 1.14 bits per heavy atom. The monoisotopic (exact) mass is 393 g/mol. The molecular formula is C23H27N3O3. The van der Waals surface area contributed by atoms with Crippen molar-refractivity contribution in [2.24, 2.45) is 11.0 Å². The van der Waals surface area contributed by atoms with Gasteiger partial charge in [0.15, 0.2) is 0 Å². The van der Waals surface area contributed by atoms with Crippen molar-refractivity contribution in [3.63, 3.8) is 0 Å². The lowest BCUT2D eigenvalue weighted by Crippen LogP contribution is -2.34. The van der Waals surface area contributed by atoms with Gasteiger partial charge in [0, 0.05) is 31.1 Å². The van der Waals surface area contributed by atoms with E-state index in [0.29, 0.717) is 17.5 Å². The van der Waals surface area contributed by atoms with Crippen LogP contribution < -0.4 is 11.1 Å². The highest BCUT2D eigenvalue weighted by Crippen LogP contribution is 2.39. The molecule has 2 atom stereocenters. The number of aromatic hydroxyl groups is 1. The second kappa shape index (κ2) is 8.92. The van der Waals surface area contributed by atoms with E-state index in [4.69, 9.17) is 4.42 Å². The Morgan fingerprint density at radius 3 is 2.45 bits per heavy atom. The van der Waals surface area contributed by atoms with E-state index in [2.05, 4.69) is 15.4 Å². The molecule has 0 aliphatic heterocycles. The van der Waals surface area contributed by atoms with Crippen molar-refractivity contribution in [3.05, 3.63) is 76.1 Å².